The van der Waals surface area contributed by atoms with Gasteiger partial charge in [-0.3, -0.25) is 0 Å². The summed E-state index contributed by atoms with van der Waals surface area (Å²) in [5.41, 5.74) is 2.54. The predicted molar refractivity (Wildman–Crippen MR) is 91.6 cm³/mol. The van der Waals surface area contributed by atoms with Crippen molar-refractivity contribution in [2.45, 2.75) is 46.1 Å². The SMILES string of the molecule is CCc1ccc(CNc2cc(Br)nc(C(C)(C)C)n2)cc1. The van der Waals surface area contributed by atoms with Crippen LogP contribution in [0.3, 0.4) is 0 Å². The number of aromatic nitrogens is 2. The molecule has 0 spiro atoms. The van der Waals surface area contributed by atoms with Crippen LogP contribution in [0.4, 0.5) is 5.82 Å². The van der Waals surface area contributed by atoms with Gasteiger partial charge in [-0.25, -0.2) is 9.97 Å². The second-order valence-electron chi connectivity index (χ2n) is 6.17. The molecule has 0 bridgehead atoms. The Morgan fingerprint density at radius 2 is 1.67 bits per heavy atom. The van der Waals surface area contributed by atoms with Crippen molar-refractivity contribution >= 4 is 21.7 Å². The molecule has 2 aromatic rings. The van der Waals surface area contributed by atoms with E-state index in [0.29, 0.717) is 0 Å². The number of halogens is 1. The average Bonchev–Trinajstić information content (AvgIpc) is 2.44. The van der Waals surface area contributed by atoms with Gasteiger partial charge in [-0.1, -0.05) is 52.0 Å². The molecule has 0 saturated heterocycles. The first-order valence-electron chi connectivity index (χ1n) is 7.25. The number of hydrogen-bond acceptors (Lipinski definition) is 3. The lowest BCUT2D eigenvalue weighted by molar-refractivity contribution is 0.544. The van der Waals surface area contributed by atoms with Gasteiger partial charge in [-0.05, 0) is 33.5 Å². The highest BCUT2D eigenvalue weighted by Crippen LogP contribution is 2.22. The quantitative estimate of drug-likeness (QED) is 0.813. The monoisotopic (exact) mass is 347 g/mol. The summed E-state index contributed by atoms with van der Waals surface area (Å²) >= 11 is 3.46. The number of nitrogens with one attached hydrogen (secondary N) is 1. The summed E-state index contributed by atoms with van der Waals surface area (Å²) < 4.78 is 0.811. The minimum atomic E-state index is -0.0665. The smallest absolute Gasteiger partial charge is 0.137 e. The van der Waals surface area contributed by atoms with Gasteiger partial charge < -0.3 is 5.32 Å². The van der Waals surface area contributed by atoms with E-state index in [1.165, 1.54) is 11.1 Å². The Labute approximate surface area is 135 Å². The first-order chi connectivity index (χ1) is 9.88. The van der Waals surface area contributed by atoms with Crippen molar-refractivity contribution in [1.29, 1.82) is 0 Å². The summed E-state index contributed by atoms with van der Waals surface area (Å²) in [4.78, 5) is 9.05. The molecule has 1 aromatic heterocycles. The van der Waals surface area contributed by atoms with Gasteiger partial charge in [0.05, 0.1) is 0 Å². The highest BCUT2D eigenvalue weighted by Gasteiger charge is 2.18. The normalized spacial score (nSPS) is 11.5. The van der Waals surface area contributed by atoms with E-state index in [9.17, 15) is 0 Å². The molecule has 1 heterocycles. The first-order valence-corrected chi connectivity index (χ1v) is 8.04. The number of hydrogen-bond donors (Lipinski definition) is 1. The van der Waals surface area contributed by atoms with Crippen LogP contribution in [0.15, 0.2) is 34.9 Å². The highest BCUT2D eigenvalue weighted by atomic mass is 79.9. The van der Waals surface area contributed by atoms with Crippen LogP contribution in [-0.2, 0) is 18.4 Å². The lowest BCUT2D eigenvalue weighted by atomic mass is 9.96. The van der Waals surface area contributed by atoms with Crippen molar-refractivity contribution in [2.75, 3.05) is 5.32 Å². The van der Waals surface area contributed by atoms with Gasteiger partial charge in [-0.15, -0.1) is 0 Å². The molecule has 0 saturated carbocycles. The fourth-order valence-corrected chi connectivity index (χ4v) is 2.31. The molecule has 1 N–H and O–H groups in total. The first kappa shape index (κ1) is 16.0. The van der Waals surface area contributed by atoms with E-state index >= 15 is 0 Å². The molecule has 112 valence electrons. The fraction of sp³-hybridized carbons (Fsp3) is 0.412. The fourth-order valence-electron chi connectivity index (χ4n) is 1.93. The van der Waals surface area contributed by atoms with Gasteiger partial charge in [0.25, 0.3) is 0 Å². The van der Waals surface area contributed by atoms with Gasteiger partial charge in [0.1, 0.15) is 16.2 Å². The molecular formula is C17H22BrN3. The molecule has 0 unspecified atom stereocenters. The van der Waals surface area contributed by atoms with Gasteiger partial charge >= 0.3 is 0 Å². The third-order valence-corrected chi connectivity index (χ3v) is 3.68. The zero-order chi connectivity index (χ0) is 15.5. The van der Waals surface area contributed by atoms with E-state index in [1.807, 2.05) is 6.07 Å². The third kappa shape index (κ3) is 4.53. The van der Waals surface area contributed by atoms with Crippen LogP contribution in [0.1, 0.15) is 44.6 Å². The van der Waals surface area contributed by atoms with E-state index in [4.69, 9.17) is 0 Å². The van der Waals surface area contributed by atoms with Crippen LogP contribution in [0.2, 0.25) is 0 Å². The molecule has 3 nitrogen and oxygen atoms in total. The summed E-state index contributed by atoms with van der Waals surface area (Å²) in [6.45, 7) is 9.27. The maximum Gasteiger partial charge on any atom is 0.137 e. The van der Waals surface area contributed by atoms with E-state index < -0.39 is 0 Å². The molecule has 2 rings (SSSR count). The van der Waals surface area contributed by atoms with Crippen molar-refractivity contribution in [3.05, 3.63) is 51.9 Å². The van der Waals surface area contributed by atoms with Crippen molar-refractivity contribution < 1.29 is 0 Å². The van der Waals surface area contributed by atoms with Crippen molar-refractivity contribution in [3.63, 3.8) is 0 Å². The lowest BCUT2D eigenvalue weighted by Gasteiger charge is -2.18. The second-order valence-corrected chi connectivity index (χ2v) is 6.99. The third-order valence-electron chi connectivity index (χ3n) is 3.27. The Kier molecular flexibility index (Phi) is 4.99. The number of anilines is 1. The van der Waals surface area contributed by atoms with Crippen molar-refractivity contribution in [2.24, 2.45) is 0 Å². The minimum Gasteiger partial charge on any atom is -0.366 e. The maximum absolute atomic E-state index is 4.60. The summed E-state index contributed by atoms with van der Waals surface area (Å²) in [5.74, 6) is 1.68. The summed E-state index contributed by atoms with van der Waals surface area (Å²) in [6.07, 6.45) is 1.07. The second kappa shape index (κ2) is 6.56. The Balaban J connectivity index is 2.10. The zero-order valence-corrected chi connectivity index (χ0v) is 14.7. The van der Waals surface area contributed by atoms with E-state index in [2.05, 4.69) is 83.2 Å². The van der Waals surface area contributed by atoms with E-state index in [0.717, 1.165) is 29.2 Å². The number of rotatable bonds is 4. The summed E-state index contributed by atoms with van der Waals surface area (Å²) in [7, 11) is 0. The number of benzene rings is 1. The molecule has 0 aliphatic heterocycles. The van der Waals surface area contributed by atoms with Gasteiger partial charge in [0.15, 0.2) is 0 Å². The molecule has 0 amide bonds. The standard InChI is InChI=1S/C17H22BrN3/c1-5-12-6-8-13(9-7-12)11-19-15-10-14(18)20-16(21-15)17(2,3)4/h6-10H,5,11H2,1-4H3,(H,19,20,21). The largest absolute Gasteiger partial charge is 0.366 e. The molecule has 0 aliphatic rings. The minimum absolute atomic E-state index is 0.0665. The van der Waals surface area contributed by atoms with Crippen LogP contribution < -0.4 is 5.32 Å². The molecule has 1 aromatic carbocycles. The molecule has 21 heavy (non-hydrogen) atoms. The Morgan fingerprint density at radius 3 is 2.24 bits per heavy atom. The predicted octanol–water partition coefficient (Wildman–Crippen LogP) is 4.71. The van der Waals surface area contributed by atoms with Crippen LogP contribution in [0.25, 0.3) is 0 Å². The zero-order valence-electron chi connectivity index (χ0n) is 13.1. The number of aryl methyl sites for hydroxylation is 1. The highest BCUT2D eigenvalue weighted by molar-refractivity contribution is 9.10. The molecule has 0 fully saturated rings. The van der Waals surface area contributed by atoms with Crippen molar-refractivity contribution in [3.8, 4) is 0 Å². The van der Waals surface area contributed by atoms with Crippen LogP contribution in [0, 0.1) is 0 Å². The maximum atomic E-state index is 4.60. The Morgan fingerprint density at radius 1 is 1.05 bits per heavy atom. The molecule has 0 atom stereocenters. The summed E-state index contributed by atoms with van der Waals surface area (Å²) in [6, 6.07) is 10.6. The van der Waals surface area contributed by atoms with Crippen LogP contribution in [0.5, 0.6) is 0 Å². The Hall–Kier alpha value is -1.42. The van der Waals surface area contributed by atoms with Crippen LogP contribution >= 0.6 is 15.9 Å². The Bertz CT molecular complexity index is 600. The van der Waals surface area contributed by atoms with E-state index in [-0.39, 0.29) is 5.41 Å². The van der Waals surface area contributed by atoms with Crippen LogP contribution in [-0.4, -0.2) is 9.97 Å². The topological polar surface area (TPSA) is 37.8 Å². The van der Waals surface area contributed by atoms with Gasteiger partial charge in [-0.2, -0.15) is 0 Å². The summed E-state index contributed by atoms with van der Waals surface area (Å²) in [5, 5.41) is 3.37. The van der Waals surface area contributed by atoms with Gasteiger partial charge in [0, 0.05) is 18.0 Å². The molecule has 0 radical (unpaired) electrons. The lowest BCUT2D eigenvalue weighted by Crippen LogP contribution is -2.17. The molecule has 4 heteroatoms. The van der Waals surface area contributed by atoms with Gasteiger partial charge in [0.2, 0.25) is 0 Å². The average molecular weight is 348 g/mol. The number of nitrogens with zero attached hydrogens (tertiary/aromatic N) is 2. The van der Waals surface area contributed by atoms with E-state index in [1.54, 1.807) is 0 Å². The van der Waals surface area contributed by atoms with Crippen molar-refractivity contribution in [1.82, 2.24) is 9.97 Å². The molecular weight excluding hydrogens is 326 g/mol. The molecule has 0 aliphatic carbocycles.